The monoisotopic (exact) mass is 286 g/mol. The van der Waals surface area contributed by atoms with Crippen LogP contribution in [0.2, 0.25) is 0 Å². The molecule has 1 saturated heterocycles. The second-order valence-electron chi connectivity index (χ2n) is 5.87. The SMILES string of the molecule is CC1CN(C(=O)NC(C)(C(=O)O)C2CC2)CC(C)S1. The first-order valence-electron chi connectivity index (χ1n) is 6.79. The van der Waals surface area contributed by atoms with Crippen molar-refractivity contribution in [3.63, 3.8) is 0 Å². The van der Waals surface area contributed by atoms with Crippen molar-refractivity contribution in [1.29, 1.82) is 0 Å². The van der Waals surface area contributed by atoms with Crippen LogP contribution in [0.4, 0.5) is 4.79 Å². The van der Waals surface area contributed by atoms with Crippen molar-refractivity contribution in [3.05, 3.63) is 0 Å². The van der Waals surface area contributed by atoms with Gasteiger partial charge >= 0.3 is 12.0 Å². The Bertz CT molecular complexity index is 376. The average Bonchev–Trinajstić information content (AvgIpc) is 3.10. The smallest absolute Gasteiger partial charge is 0.329 e. The molecule has 0 aromatic heterocycles. The molecule has 0 aromatic carbocycles. The van der Waals surface area contributed by atoms with Gasteiger partial charge in [0.25, 0.3) is 0 Å². The Morgan fingerprint density at radius 3 is 2.21 bits per heavy atom. The zero-order chi connectivity index (χ0) is 14.2. The van der Waals surface area contributed by atoms with Crippen LogP contribution >= 0.6 is 11.8 Å². The summed E-state index contributed by atoms with van der Waals surface area (Å²) in [5, 5.41) is 12.9. The number of carbonyl (C=O) groups is 2. The van der Waals surface area contributed by atoms with Crippen LogP contribution in [0, 0.1) is 5.92 Å². The summed E-state index contributed by atoms with van der Waals surface area (Å²) in [6.07, 6.45) is 1.76. The lowest BCUT2D eigenvalue weighted by Gasteiger charge is -2.37. The molecule has 1 aliphatic carbocycles. The maximum Gasteiger partial charge on any atom is 0.329 e. The summed E-state index contributed by atoms with van der Waals surface area (Å²) >= 11 is 1.87. The Balaban J connectivity index is 2.01. The molecule has 1 heterocycles. The first-order valence-corrected chi connectivity index (χ1v) is 7.73. The molecule has 0 radical (unpaired) electrons. The molecule has 2 amide bonds. The number of carboxylic acid groups (broad SMARTS) is 1. The van der Waals surface area contributed by atoms with Crippen LogP contribution in [-0.4, -0.2) is 51.1 Å². The summed E-state index contributed by atoms with van der Waals surface area (Å²) in [6.45, 7) is 7.18. The van der Waals surface area contributed by atoms with Gasteiger partial charge in [-0.25, -0.2) is 9.59 Å². The van der Waals surface area contributed by atoms with Gasteiger partial charge < -0.3 is 15.3 Å². The van der Waals surface area contributed by atoms with E-state index in [1.54, 1.807) is 11.8 Å². The normalized spacial score (nSPS) is 30.6. The lowest BCUT2D eigenvalue weighted by molar-refractivity contribution is -0.144. The molecule has 108 valence electrons. The fourth-order valence-electron chi connectivity index (χ4n) is 2.64. The minimum absolute atomic E-state index is 0.0722. The van der Waals surface area contributed by atoms with Gasteiger partial charge in [0.15, 0.2) is 0 Å². The van der Waals surface area contributed by atoms with E-state index < -0.39 is 11.5 Å². The van der Waals surface area contributed by atoms with Gasteiger partial charge in [0.2, 0.25) is 0 Å². The summed E-state index contributed by atoms with van der Waals surface area (Å²) in [6, 6.07) is -0.240. The molecule has 0 spiro atoms. The number of thioether (sulfide) groups is 1. The zero-order valence-electron chi connectivity index (χ0n) is 11.7. The molecule has 1 saturated carbocycles. The lowest BCUT2D eigenvalue weighted by atomic mass is 9.96. The molecule has 3 atom stereocenters. The molecule has 5 nitrogen and oxygen atoms in total. The summed E-state index contributed by atoms with van der Waals surface area (Å²) in [5.74, 6) is -0.862. The second kappa shape index (κ2) is 5.23. The summed E-state index contributed by atoms with van der Waals surface area (Å²) in [5.41, 5.74) is -1.12. The quantitative estimate of drug-likeness (QED) is 0.829. The van der Waals surface area contributed by atoms with Crippen molar-refractivity contribution in [2.24, 2.45) is 5.92 Å². The van der Waals surface area contributed by atoms with Crippen LogP contribution in [0.25, 0.3) is 0 Å². The summed E-state index contributed by atoms with van der Waals surface area (Å²) < 4.78 is 0. The second-order valence-corrected chi connectivity index (χ2v) is 7.76. The fraction of sp³-hybridized carbons (Fsp3) is 0.846. The molecule has 0 aromatic rings. The van der Waals surface area contributed by atoms with Crippen molar-refractivity contribution < 1.29 is 14.7 Å². The van der Waals surface area contributed by atoms with Gasteiger partial charge in [-0.3, -0.25) is 0 Å². The summed E-state index contributed by atoms with van der Waals surface area (Å²) in [4.78, 5) is 25.4. The van der Waals surface area contributed by atoms with E-state index in [0.717, 1.165) is 12.8 Å². The van der Waals surface area contributed by atoms with E-state index in [1.165, 1.54) is 0 Å². The van der Waals surface area contributed by atoms with Gasteiger partial charge in [-0.2, -0.15) is 11.8 Å². The number of nitrogens with one attached hydrogen (secondary N) is 1. The zero-order valence-corrected chi connectivity index (χ0v) is 12.5. The van der Waals surface area contributed by atoms with Gasteiger partial charge in [-0.1, -0.05) is 13.8 Å². The fourth-order valence-corrected chi connectivity index (χ4v) is 3.96. The highest BCUT2D eigenvalue weighted by Crippen LogP contribution is 2.40. The molecule has 2 rings (SSSR count). The van der Waals surface area contributed by atoms with Gasteiger partial charge in [0.1, 0.15) is 5.54 Å². The number of aliphatic carboxylic acids is 1. The van der Waals surface area contributed by atoms with Gasteiger partial charge in [0, 0.05) is 23.6 Å². The molecule has 1 aliphatic heterocycles. The van der Waals surface area contributed by atoms with Crippen LogP contribution in [0.5, 0.6) is 0 Å². The third kappa shape index (κ3) is 3.16. The van der Waals surface area contributed by atoms with Gasteiger partial charge in [-0.15, -0.1) is 0 Å². The highest BCUT2D eigenvalue weighted by atomic mass is 32.2. The van der Waals surface area contributed by atoms with Crippen molar-refractivity contribution >= 4 is 23.8 Å². The number of amides is 2. The molecule has 2 N–H and O–H groups in total. The highest BCUT2D eigenvalue weighted by Gasteiger charge is 2.49. The predicted octanol–water partition coefficient (Wildman–Crippen LogP) is 1.78. The van der Waals surface area contributed by atoms with E-state index in [-0.39, 0.29) is 11.9 Å². The maximum atomic E-state index is 12.3. The molecule has 2 fully saturated rings. The molecular formula is C13H22N2O3S. The molecule has 3 unspecified atom stereocenters. The van der Waals surface area contributed by atoms with Crippen LogP contribution in [0.1, 0.15) is 33.6 Å². The molecule has 19 heavy (non-hydrogen) atoms. The van der Waals surface area contributed by atoms with Crippen molar-refractivity contribution in [2.75, 3.05) is 13.1 Å². The van der Waals surface area contributed by atoms with E-state index in [0.29, 0.717) is 23.6 Å². The minimum Gasteiger partial charge on any atom is -0.480 e. The number of carboxylic acids is 1. The number of urea groups is 1. The van der Waals surface area contributed by atoms with Gasteiger partial charge in [-0.05, 0) is 25.7 Å². The molecule has 6 heteroatoms. The maximum absolute atomic E-state index is 12.3. The third-order valence-electron chi connectivity index (χ3n) is 3.91. The number of hydrogen-bond donors (Lipinski definition) is 2. The first kappa shape index (κ1) is 14.5. The molecule has 0 bridgehead atoms. The molecular weight excluding hydrogens is 264 g/mol. The number of nitrogens with zero attached hydrogens (tertiary/aromatic N) is 1. The molecule has 2 aliphatic rings. The Morgan fingerprint density at radius 2 is 1.79 bits per heavy atom. The predicted molar refractivity (Wildman–Crippen MR) is 75.4 cm³/mol. The summed E-state index contributed by atoms with van der Waals surface area (Å²) in [7, 11) is 0. The minimum atomic E-state index is -1.12. The number of hydrogen-bond acceptors (Lipinski definition) is 3. The Hall–Kier alpha value is -0.910. The van der Waals surface area contributed by atoms with Crippen molar-refractivity contribution in [3.8, 4) is 0 Å². The van der Waals surface area contributed by atoms with Crippen molar-refractivity contribution in [2.45, 2.75) is 49.7 Å². The van der Waals surface area contributed by atoms with Crippen LogP contribution < -0.4 is 5.32 Å². The van der Waals surface area contributed by atoms with Crippen LogP contribution in [-0.2, 0) is 4.79 Å². The van der Waals surface area contributed by atoms with Crippen LogP contribution in [0.15, 0.2) is 0 Å². The lowest BCUT2D eigenvalue weighted by Crippen LogP contribution is -2.59. The number of carbonyl (C=O) groups excluding carboxylic acids is 1. The van der Waals surface area contributed by atoms with E-state index in [1.807, 2.05) is 11.8 Å². The Labute approximate surface area is 118 Å². The third-order valence-corrected chi connectivity index (χ3v) is 5.14. The number of rotatable bonds is 3. The topological polar surface area (TPSA) is 69.6 Å². The van der Waals surface area contributed by atoms with Crippen molar-refractivity contribution in [1.82, 2.24) is 10.2 Å². The Morgan fingerprint density at radius 1 is 1.26 bits per heavy atom. The average molecular weight is 286 g/mol. The largest absolute Gasteiger partial charge is 0.480 e. The Kier molecular flexibility index (Phi) is 3.99. The van der Waals surface area contributed by atoms with E-state index >= 15 is 0 Å². The van der Waals surface area contributed by atoms with E-state index in [9.17, 15) is 14.7 Å². The highest BCUT2D eigenvalue weighted by molar-refractivity contribution is 8.00. The van der Waals surface area contributed by atoms with Crippen LogP contribution in [0.3, 0.4) is 0 Å². The van der Waals surface area contributed by atoms with E-state index in [4.69, 9.17) is 0 Å². The first-order chi connectivity index (χ1) is 8.83. The van der Waals surface area contributed by atoms with E-state index in [2.05, 4.69) is 19.2 Å². The standard InChI is InChI=1S/C13H22N2O3S/c1-8-6-15(7-9(2)19-8)12(18)14-13(3,11(16)17)10-4-5-10/h8-10H,4-7H2,1-3H3,(H,14,18)(H,16,17). The van der Waals surface area contributed by atoms with Gasteiger partial charge in [0.05, 0.1) is 0 Å².